The Morgan fingerprint density at radius 3 is 2.43 bits per heavy atom. The summed E-state index contributed by atoms with van der Waals surface area (Å²) in [6.07, 6.45) is 1.23. The lowest BCUT2D eigenvalue weighted by Gasteiger charge is -2.12. The monoisotopic (exact) mass is 419 g/mol. The van der Waals surface area contributed by atoms with Crippen molar-refractivity contribution >= 4 is 52.1 Å². The molecule has 2 amide bonds. The lowest BCUT2D eigenvalue weighted by molar-refractivity contribution is -0.116. The van der Waals surface area contributed by atoms with Gasteiger partial charge in [0.15, 0.2) is 5.11 Å². The predicted octanol–water partition coefficient (Wildman–Crippen LogP) is 4.60. The van der Waals surface area contributed by atoms with Crippen molar-refractivity contribution in [3.8, 4) is 5.75 Å². The average molecular weight is 420 g/mol. The fourth-order valence-electron chi connectivity index (χ4n) is 2.38. The number of carbonyl (C=O) groups excluding carboxylic acids is 2. The van der Waals surface area contributed by atoms with E-state index in [1.54, 1.807) is 36.4 Å². The molecule has 3 N–H and O–H groups in total. The minimum absolute atomic E-state index is 0.0529. The maximum absolute atomic E-state index is 12.4. The number of nitrogens with one attached hydrogen (secondary N) is 3. The number of carbonyl (C=O) groups is 2. The fraction of sp³-hybridized carbons (Fsp3) is 0.250. The highest BCUT2D eigenvalue weighted by molar-refractivity contribution is 7.80. The van der Waals surface area contributed by atoms with Gasteiger partial charge in [-0.3, -0.25) is 14.9 Å². The highest BCUT2D eigenvalue weighted by Gasteiger charge is 2.11. The quantitative estimate of drug-likeness (QED) is 0.571. The summed E-state index contributed by atoms with van der Waals surface area (Å²) in [5.41, 5.74) is 1.65. The van der Waals surface area contributed by atoms with E-state index in [1.165, 1.54) is 6.07 Å². The SMILES string of the molecule is CCCC(=O)Nc1cccc(NC(=S)NC(=O)c2ccc(OCC)c(Cl)c2)c1. The molecule has 28 heavy (non-hydrogen) atoms. The standard InChI is InChI=1S/C20H22ClN3O3S/c1-3-6-18(25)22-14-7-5-8-15(12-14)23-20(28)24-19(26)13-9-10-17(27-4-2)16(21)11-13/h5,7-12H,3-4,6H2,1-2H3,(H,22,25)(H2,23,24,26,28). The molecule has 0 bridgehead atoms. The molecule has 0 spiro atoms. The summed E-state index contributed by atoms with van der Waals surface area (Å²) in [7, 11) is 0. The van der Waals surface area contributed by atoms with Crippen LogP contribution in [0.3, 0.4) is 0 Å². The van der Waals surface area contributed by atoms with Crippen LogP contribution in [0.4, 0.5) is 11.4 Å². The molecular formula is C20H22ClN3O3S. The minimum atomic E-state index is -0.394. The van der Waals surface area contributed by atoms with E-state index >= 15 is 0 Å². The number of benzene rings is 2. The summed E-state index contributed by atoms with van der Waals surface area (Å²) in [5, 5.41) is 8.81. The van der Waals surface area contributed by atoms with Crippen LogP contribution in [-0.2, 0) is 4.79 Å². The number of thiocarbonyl (C=S) groups is 1. The number of amides is 2. The smallest absolute Gasteiger partial charge is 0.257 e. The molecule has 0 radical (unpaired) electrons. The number of hydrogen-bond acceptors (Lipinski definition) is 4. The molecule has 8 heteroatoms. The largest absolute Gasteiger partial charge is 0.492 e. The molecule has 0 heterocycles. The zero-order chi connectivity index (χ0) is 20.5. The van der Waals surface area contributed by atoms with Crippen LogP contribution in [0, 0.1) is 0 Å². The molecule has 0 aromatic heterocycles. The molecule has 2 aromatic rings. The molecule has 2 aromatic carbocycles. The molecule has 0 saturated heterocycles. The Hall–Kier alpha value is -2.64. The van der Waals surface area contributed by atoms with E-state index in [-0.39, 0.29) is 11.0 Å². The van der Waals surface area contributed by atoms with Crippen LogP contribution in [0.5, 0.6) is 5.75 Å². The first-order valence-corrected chi connectivity index (χ1v) is 9.66. The lowest BCUT2D eigenvalue weighted by Crippen LogP contribution is -2.34. The van der Waals surface area contributed by atoms with Crippen molar-refractivity contribution in [2.45, 2.75) is 26.7 Å². The number of anilines is 2. The minimum Gasteiger partial charge on any atom is -0.492 e. The van der Waals surface area contributed by atoms with Crippen LogP contribution in [0.25, 0.3) is 0 Å². The Labute approximate surface area is 174 Å². The van der Waals surface area contributed by atoms with Gasteiger partial charge in [-0.1, -0.05) is 24.6 Å². The Morgan fingerprint density at radius 1 is 1.07 bits per heavy atom. The summed E-state index contributed by atoms with van der Waals surface area (Å²) in [4.78, 5) is 24.1. The van der Waals surface area contributed by atoms with E-state index in [0.717, 1.165) is 6.42 Å². The maximum atomic E-state index is 12.4. The van der Waals surface area contributed by atoms with Crippen molar-refractivity contribution in [3.05, 3.63) is 53.1 Å². The van der Waals surface area contributed by atoms with Crippen LogP contribution in [-0.4, -0.2) is 23.5 Å². The van der Waals surface area contributed by atoms with Crippen molar-refractivity contribution in [1.82, 2.24) is 5.32 Å². The van der Waals surface area contributed by atoms with Gasteiger partial charge in [-0.15, -0.1) is 0 Å². The van der Waals surface area contributed by atoms with Crippen LogP contribution in [0.2, 0.25) is 5.02 Å². The summed E-state index contributed by atoms with van der Waals surface area (Å²) in [5.74, 6) is 0.0705. The van der Waals surface area contributed by atoms with Gasteiger partial charge in [0.05, 0.1) is 11.6 Å². The topological polar surface area (TPSA) is 79.5 Å². The van der Waals surface area contributed by atoms with Crippen molar-refractivity contribution in [2.24, 2.45) is 0 Å². The highest BCUT2D eigenvalue weighted by atomic mass is 35.5. The van der Waals surface area contributed by atoms with Gasteiger partial charge in [0, 0.05) is 23.4 Å². The van der Waals surface area contributed by atoms with E-state index < -0.39 is 5.91 Å². The van der Waals surface area contributed by atoms with E-state index in [2.05, 4.69) is 16.0 Å². The summed E-state index contributed by atoms with van der Waals surface area (Å²) >= 11 is 11.3. The number of ether oxygens (including phenoxy) is 1. The third kappa shape index (κ3) is 6.51. The van der Waals surface area contributed by atoms with E-state index in [9.17, 15) is 9.59 Å². The molecule has 2 rings (SSSR count). The Balaban J connectivity index is 1.97. The molecule has 0 aliphatic carbocycles. The average Bonchev–Trinajstić information content (AvgIpc) is 2.63. The Morgan fingerprint density at radius 2 is 1.79 bits per heavy atom. The van der Waals surface area contributed by atoms with Gasteiger partial charge in [0.1, 0.15) is 5.75 Å². The first kappa shape index (κ1) is 21.7. The van der Waals surface area contributed by atoms with Gasteiger partial charge in [0.2, 0.25) is 5.91 Å². The van der Waals surface area contributed by atoms with Gasteiger partial charge in [-0.05, 0) is 62.0 Å². The lowest BCUT2D eigenvalue weighted by atomic mass is 10.2. The molecule has 0 aliphatic rings. The number of hydrogen-bond donors (Lipinski definition) is 3. The van der Waals surface area contributed by atoms with Crippen molar-refractivity contribution in [1.29, 1.82) is 0 Å². The molecular weight excluding hydrogens is 398 g/mol. The predicted molar refractivity (Wildman–Crippen MR) is 116 cm³/mol. The van der Waals surface area contributed by atoms with E-state index in [4.69, 9.17) is 28.6 Å². The van der Waals surface area contributed by atoms with Crippen LogP contribution in [0.15, 0.2) is 42.5 Å². The van der Waals surface area contributed by atoms with Crippen LogP contribution < -0.4 is 20.7 Å². The second kappa shape index (κ2) is 10.6. The van der Waals surface area contributed by atoms with Gasteiger partial charge < -0.3 is 15.4 Å². The van der Waals surface area contributed by atoms with Gasteiger partial charge >= 0.3 is 0 Å². The molecule has 0 atom stereocenters. The zero-order valence-electron chi connectivity index (χ0n) is 15.7. The van der Waals surface area contributed by atoms with E-state index in [0.29, 0.717) is 40.7 Å². The van der Waals surface area contributed by atoms with Crippen LogP contribution in [0.1, 0.15) is 37.0 Å². The third-order valence-electron chi connectivity index (χ3n) is 3.60. The highest BCUT2D eigenvalue weighted by Crippen LogP contribution is 2.25. The Bertz CT molecular complexity index is 874. The molecule has 148 valence electrons. The summed E-state index contributed by atoms with van der Waals surface area (Å²) in [6.45, 7) is 4.28. The number of halogens is 1. The van der Waals surface area contributed by atoms with E-state index in [1.807, 2.05) is 13.8 Å². The Kier molecular flexibility index (Phi) is 8.22. The molecule has 0 unspecified atom stereocenters. The fourth-order valence-corrected chi connectivity index (χ4v) is 2.82. The molecule has 0 aliphatic heterocycles. The molecule has 0 fully saturated rings. The van der Waals surface area contributed by atoms with Crippen molar-refractivity contribution in [3.63, 3.8) is 0 Å². The second-order valence-corrected chi connectivity index (χ2v) is 6.68. The second-order valence-electron chi connectivity index (χ2n) is 5.87. The summed E-state index contributed by atoms with van der Waals surface area (Å²) in [6, 6.07) is 11.8. The van der Waals surface area contributed by atoms with Crippen molar-refractivity contribution in [2.75, 3.05) is 17.2 Å². The van der Waals surface area contributed by atoms with Crippen LogP contribution >= 0.6 is 23.8 Å². The first-order chi connectivity index (χ1) is 13.4. The van der Waals surface area contributed by atoms with Gasteiger partial charge in [0.25, 0.3) is 5.91 Å². The zero-order valence-corrected chi connectivity index (χ0v) is 17.2. The summed E-state index contributed by atoms with van der Waals surface area (Å²) < 4.78 is 5.35. The molecule has 0 saturated carbocycles. The maximum Gasteiger partial charge on any atom is 0.257 e. The van der Waals surface area contributed by atoms with Crippen molar-refractivity contribution < 1.29 is 14.3 Å². The van der Waals surface area contributed by atoms with Gasteiger partial charge in [-0.25, -0.2) is 0 Å². The normalized spacial score (nSPS) is 10.1. The van der Waals surface area contributed by atoms with Gasteiger partial charge in [-0.2, -0.15) is 0 Å². The molecule has 6 nitrogen and oxygen atoms in total. The third-order valence-corrected chi connectivity index (χ3v) is 4.10. The first-order valence-electron chi connectivity index (χ1n) is 8.87. The number of rotatable bonds is 7.